The number of aromatic nitrogens is 1. The fourth-order valence-electron chi connectivity index (χ4n) is 1.00. The zero-order valence-corrected chi connectivity index (χ0v) is 9.81. The zero-order chi connectivity index (χ0) is 11.4. The SMILES string of the molecule is CC(O)CCNc1nc(N)c(Cl)cc1Cl. The average Bonchev–Trinajstić information content (AvgIpc) is 2.13. The minimum absolute atomic E-state index is 0.237. The van der Waals surface area contributed by atoms with Crippen molar-refractivity contribution in [2.75, 3.05) is 17.6 Å². The Labute approximate surface area is 98.4 Å². The lowest BCUT2D eigenvalue weighted by Gasteiger charge is -2.09. The van der Waals surface area contributed by atoms with Crippen LogP contribution < -0.4 is 11.1 Å². The molecule has 0 radical (unpaired) electrons. The molecule has 1 rings (SSSR count). The van der Waals surface area contributed by atoms with Crippen LogP contribution >= 0.6 is 23.2 Å². The normalized spacial score (nSPS) is 12.5. The second-order valence-corrected chi connectivity index (χ2v) is 4.06. The number of aliphatic hydroxyl groups is 1. The smallest absolute Gasteiger partial charge is 0.147 e. The minimum atomic E-state index is -0.360. The van der Waals surface area contributed by atoms with E-state index in [1.54, 1.807) is 6.92 Å². The third-order valence-corrected chi connectivity index (χ3v) is 2.40. The molecule has 0 spiro atoms. The molecule has 0 aliphatic rings. The molecule has 0 saturated carbocycles. The molecule has 1 heterocycles. The summed E-state index contributed by atoms with van der Waals surface area (Å²) >= 11 is 11.6. The Morgan fingerprint density at radius 3 is 2.80 bits per heavy atom. The van der Waals surface area contributed by atoms with Crippen molar-refractivity contribution in [3.8, 4) is 0 Å². The summed E-state index contributed by atoms with van der Waals surface area (Å²) in [4.78, 5) is 3.99. The van der Waals surface area contributed by atoms with Gasteiger partial charge in [-0.15, -0.1) is 0 Å². The Kier molecular flexibility index (Phi) is 4.45. The van der Waals surface area contributed by atoms with Crippen molar-refractivity contribution in [3.05, 3.63) is 16.1 Å². The summed E-state index contributed by atoms with van der Waals surface area (Å²) < 4.78 is 0. The molecule has 1 aromatic heterocycles. The largest absolute Gasteiger partial charge is 0.393 e. The number of aliphatic hydroxyl groups excluding tert-OH is 1. The summed E-state index contributed by atoms with van der Waals surface area (Å²) in [7, 11) is 0. The lowest BCUT2D eigenvalue weighted by Crippen LogP contribution is -2.11. The number of nitrogen functional groups attached to an aromatic ring is 1. The van der Waals surface area contributed by atoms with Crippen LogP contribution in [-0.2, 0) is 0 Å². The summed E-state index contributed by atoms with van der Waals surface area (Å²) in [6, 6.07) is 1.54. The lowest BCUT2D eigenvalue weighted by atomic mass is 10.3. The number of nitrogens with zero attached hydrogens (tertiary/aromatic N) is 1. The van der Waals surface area contributed by atoms with Crippen molar-refractivity contribution in [1.29, 1.82) is 0 Å². The van der Waals surface area contributed by atoms with Crippen molar-refractivity contribution in [2.45, 2.75) is 19.4 Å². The number of pyridine rings is 1. The third kappa shape index (κ3) is 3.74. The maximum absolute atomic E-state index is 9.06. The molecule has 1 atom stereocenters. The predicted octanol–water partition coefficient (Wildman–Crippen LogP) is 2.15. The van der Waals surface area contributed by atoms with Crippen molar-refractivity contribution in [2.24, 2.45) is 0 Å². The van der Waals surface area contributed by atoms with Crippen LogP contribution in [0.2, 0.25) is 10.0 Å². The Morgan fingerprint density at radius 2 is 2.20 bits per heavy atom. The van der Waals surface area contributed by atoms with E-state index in [0.717, 1.165) is 0 Å². The molecule has 4 N–H and O–H groups in total. The van der Waals surface area contributed by atoms with Gasteiger partial charge in [-0.2, -0.15) is 0 Å². The van der Waals surface area contributed by atoms with Crippen molar-refractivity contribution >= 4 is 34.8 Å². The van der Waals surface area contributed by atoms with Gasteiger partial charge < -0.3 is 16.2 Å². The lowest BCUT2D eigenvalue weighted by molar-refractivity contribution is 0.188. The Morgan fingerprint density at radius 1 is 1.53 bits per heavy atom. The molecule has 1 unspecified atom stereocenters. The van der Waals surface area contributed by atoms with Gasteiger partial charge in [0.2, 0.25) is 0 Å². The van der Waals surface area contributed by atoms with Crippen LogP contribution in [0.1, 0.15) is 13.3 Å². The second-order valence-electron chi connectivity index (χ2n) is 3.25. The van der Waals surface area contributed by atoms with Gasteiger partial charge in [0.05, 0.1) is 16.1 Å². The first kappa shape index (κ1) is 12.4. The van der Waals surface area contributed by atoms with Gasteiger partial charge in [-0.1, -0.05) is 23.2 Å². The van der Waals surface area contributed by atoms with E-state index < -0.39 is 0 Å². The van der Waals surface area contributed by atoms with E-state index in [4.69, 9.17) is 34.0 Å². The summed E-state index contributed by atoms with van der Waals surface area (Å²) in [5.74, 6) is 0.722. The van der Waals surface area contributed by atoms with E-state index in [1.807, 2.05) is 0 Å². The van der Waals surface area contributed by atoms with E-state index in [0.29, 0.717) is 28.8 Å². The van der Waals surface area contributed by atoms with E-state index in [2.05, 4.69) is 10.3 Å². The second kappa shape index (κ2) is 5.39. The van der Waals surface area contributed by atoms with Crippen molar-refractivity contribution in [3.63, 3.8) is 0 Å². The number of hydrogen-bond acceptors (Lipinski definition) is 4. The topological polar surface area (TPSA) is 71.2 Å². The molecule has 0 amide bonds. The Bertz CT molecular complexity index is 344. The summed E-state index contributed by atoms with van der Waals surface area (Å²) in [6.07, 6.45) is 0.251. The highest BCUT2D eigenvalue weighted by Crippen LogP contribution is 2.27. The van der Waals surface area contributed by atoms with Gasteiger partial charge in [0.25, 0.3) is 0 Å². The molecule has 0 bridgehead atoms. The minimum Gasteiger partial charge on any atom is -0.393 e. The quantitative estimate of drug-likeness (QED) is 0.765. The maximum Gasteiger partial charge on any atom is 0.147 e. The van der Waals surface area contributed by atoms with Crippen LogP contribution in [0, 0.1) is 0 Å². The van der Waals surface area contributed by atoms with Gasteiger partial charge in [0.1, 0.15) is 11.6 Å². The van der Waals surface area contributed by atoms with E-state index >= 15 is 0 Å². The van der Waals surface area contributed by atoms with Crippen LogP contribution in [0.25, 0.3) is 0 Å². The fourth-order valence-corrected chi connectivity index (χ4v) is 1.43. The van der Waals surface area contributed by atoms with Gasteiger partial charge in [-0.05, 0) is 19.4 Å². The molecular weight excluding hydrogens is 237 g/mol. The highest BCUT2D eigenvalue weighted by Gasteiger charge is 2.06. The fraction of sp³-hybridized carbons (Fsp3) is 0.444. The molecule has 6 heteroatoms. The standard InChI is InChI=1S/C9H13Cl2N3O/c1-5(15)2-3-13-9-7(11)4-6(10)8(12)14-9/h4-5,15H,2-3H2,1H3,(H3,12,13,14). The molecule has 0 saturated heterocycles. The van der Waals surface area contributed by atoms with Gasteiger partial charge in [0.15, 0.2) is 0 Å². The predicted molar refractivity (Wildman–Crippen MR) is 63.5 cm³/mol. The summed E-state index contributed by atoms with van der Waals surface area (Å²) in [5, 5.41) is 12.8. The molecule has 0 aliphatic heterocycles. The van der Waals surface area contributed by atoms with Crippen molar-refractivity contribution in [1.82, 2.24) is 4.98 Å². The van der Waals surface area contributed by atoms with Crippen LogP contribution in [0.15, 0.2) is 6.07 Å². The van der Waals surface area contributed by atoms with Crippen LogP contribution in [-0.4, -0.2) is 22.7 Å². The van der Waals surface area contributed by atoms with Crippen LogP contribution in [0.5, 0.6) is 0 Å². The molecular formula is C9H13Cl2N3O. The molecule has 15 heavy (non-hydrogen) atoms. The maximum atomic E-state index is 9.06. The number of anilines is 2. The van der Waals surface area contributed by atoms with Crippen LogP contribution in [0.4, 0.5) is 11.6 Å². The molecule has 0 fully saturated rings. The molecule has 84 valence electrons. The number of halogens is 2. The highest BCUT2D eigenvalue weighted by atomic mass is 35.5. The molecule has 0 aliphatic carbocycles. The van der Waals surface area contributed by atoms with Gasteiger partial charge in [-0.25, -0.2) is 4.98 Å². The number of nitrogens with two attached hydrogens (primary N) is 1. The third-order valence-electron chi connectivity index (χ3n) is 1.81. The highest BCUT2D eigenvalue weighted by molar-refractivity contribution is 6.37. The summed E-state index contributed by atoms with van der Waals surface area (Å²) in [6.45, 7) is 2.29. The number of rotatable bonds is 4. The van der Waals surface area contributed by atoms with E-state index in [1.165, 1.54) is 6.07 Å². The Balaban J connectivity index is 2.65. The summed E-state index contributed by atoms with van der Waals surface area (Å²) in [5.41, 5.74) is 5.53. The van der Waals surface area contributed by atoms with Gasteiger partial charge in [-0.3, -0.25) is 0 Å². The zero-order valence-electron chi connectivity index (χ0n) is 8.30. The van der Waals surface area contributed by atoms with Crippen molar-refractivity contribution < 1.29 is 5.11 Å². The molecule has 0 aromatic carbocycles. The first-order chi connectivity index (χ1) is 7.00. The van der Waals surface area contributed by atoms with E-state index in [9.17, 15) is 0 Å². The monoisotopic (exact) mass is 249 g/mol. The van der Waals surface area contributed by atoms with Gasteiger partial charge >= 0.3 is 0 Å². The first-order valence-corrected chi connectivity index (χ1v) is 5.29. The van der Waals surface area contributed by atoms with Crippen LogP contribution in [0.3, 0.4) is 0 Å². The number of hydrogen-bond donors (Lipinski definition) is 3. The number of nitrogens with one attached hydrogen (secondary N) is 1. The first-order valence-electron chi connectivity index (χ1n) is 4.54. The Hall–Kier alpha value is -0.710. The average molecular weight is 250 g/mol. The van der Waals surface area contributed by atoms with Gasteiger partial charge in [0, 0.05) is 6.54 Å². The molecule has 1 aromatic rings. The molecule has 4 nitrogen and oxygen atoms in total. The van der Waals surface area contributed by atoms with E-state index in [-0.39, 0.29) is 11.9 Å².